The summed E-state index contributed by atoms with van der Waals surface area (Å²) in [6.45, 7) is 15.1. The number of Topliss-reactive ketones (excluding diaryl/α,β-unsaturated/α-hetero) is 1. The molecule has 0 aromatic heterocycles. The number of nitrogens with one attached hydrogen (secondary N) is 3. The molecule has 5 amide bonds. The quantitative estimate of drug-likeness (QED) is 0.250. The van der Waals surface area contributed by atoms with Crippen LogP contribution in [0.2, 0.25) is 0 Å². The first-order valence-electron chi connectivity index (χ1n) is 17.1. The minimum Gasteiger partial charge on any atom is -0.458 e. The van der Waals surface area contributed by atoms with E-state index >= 15 is 0 Å². The van der Waals surface area contributed by atoms with E-state index in [0.29, 0.717) is 38.6 Å². The van der Waals surface area contributed by atoms with Crippen molar-refractivity contribution in [2.24, 2.45) is 23.0 Å². The fraction of sp³-hybridized carbons (Fsp3) is 0.824. The lowest BCUT2D eigenvalue weighted by Crippen LogP contribution is -2.59. The van der Waals surface area contributed by atoms with Crippen LogP contribution in [0.25, 0.3) is 0 Å². The van der Waals surface area contributed by atoms with Crippen LogP contribution in [0, 0.1) is 17.3 Å². The summed E-state index contributed by atoms with van der Waals surface area (Å²) in [5.41, 5.74) is 3.88. The first kappa shape index (κ1) is 39.0. The van der Waals surface area contributed by atoms with Crippen molar-refractivity contribution in [2.45, 2.75) is 156 Å². The zero-order valence-corrected chi connectivity index (χ0v) is 29.3. The van der Waals surface area contributed by atoms with Crippen LogP contribution in [0.15, 0.2) is 0 Å². The maximum atomic E-state index is 14.2. The minimum atomic E-state index is -1.11. The molecule has 2 aliphatic heterocycles. The SMILES string of the molecule is CC(C)[C@@H]1C[C@H]2C(=O)N[C@H](C(=O)C(N)=O)CCCCCCCCCC[C@H](NC(=O)N[C@H](C(=O)OC(C)(C)C)C(C)(C)C)C(=O)N2C1. The van der Waals surface area contributed by atoms with Crippen LogP contribution in [0.1, 0.15) is 126 Å². The Morgan fingerprint density at radius 3 is 1.93 bits per heavy atom. The highest BCUT2D eigenvalue weighted by Gasteiger charge is 2.44. The van der Waals surface area contributed by atoms with Gasteiger partial charge < -0.3 is 31.3 Å². The number of nitrogens with zero attached hydrogens (tertiary/aromatic N) is 1. The summed E-state index contributed by atoms with van der Waals surface area (Å²) in [5, 5.41) is 8.30. The summed E-state index contributed by atoms with van der Waals surface area (Å²) in [4.78, 5) is 80.4. The lowest BCUT2D eigenvalue weighted by atomic mass is 9.86. The van der Waals surface area contributed by atoms with Crippen molar-refractivity contribution in [1.82, 2.24) is 20.9 Å². The van der Waals surface area contributed by atoms with Crippen molar-refractivity contribution in [3.05, 3.63) is 0 Å². The highest BCUT2D eigenvalue weighted by molar-refractivity contribution is 6.37. The maximum Gasteiger partial charge on any atom is 0.329 e. The third-order valence-electron chi connectivity index (χ3n) is 8.86. The number of urea groups is 1. The number of fused-ring (bicyclic) bond motifs is 1. The van der Waals surface area contributed by atoms with Crippen LogP contribution in [0.4, 0.5) is 4.79 Å². The molecule has 262 valence electrons. The first-order valence-corrected chi connectivity index (χ1v) is 17.1. The molecule has 12 heteroatoms. The van der Waals surface area contributed by atoms with Crippen molar-refractivity contribution in [3.8, 4) is 0 Å². The monoisotopic (exact) mass is 649 g/mol. The summed E-state index contributed by atoms with van der Waals surface area (Å²) in [5.74, 6) is -3.26. The molecule has 0 radical (unpaired) electrons. The molecule has 5 N–H and O–H groups in total. The van der Waals surface area contributed by atoms with Crippen LogP contribution in [-0.2, 0) is 28.7 Å². The molecule has 5 atom stereocenters. The van der Waals surface area contributed by atoms with E-state index in [1.54, 1.807) is 20.8 Å². The largest absolute Gasteiger partial charge is 0.458 e. The Bertz CT molecular complexity index is 1090. The molecule has 0 spiro atoms. The van der Waals surface area contributed by atoms with Gasteiger partial charge in [0.2, 0.25) is 17.6 Å². The van der Waals surface area contributed by atoms with Gasteiger partial charge in [0.05, 0.1) is 6.04 Å². The summed E-state index contributed by atoms with van der Waals surface area (Å²) in [7, 11) is 0. The van der Waals surface area contributed by atoms with Gasteiger partial charge in [0.1, 0.15) is 23.7 Å². The topological polar surface area (TPSA) is 177 Å². The minimum absolute atomic E-state index is 0.0162. The second-order valence-electron chi connectivity index (χ2n) is 15.4. The number of ketones is 1. The first-order chi connectivity index (χ1) is 21.3. The highest BCUT2D eigenvalue weighted by Crippen LogP contribution is 2.31. The molecule has 0 bridgehead atoms. The number of amides is 5. The Morgan fingerprint density at radius 2 is 1.43 bits per heavy atom. The normalized spacial score (nSPS) is 25.1. The maximum absolute atomic E-state index is 14.2. The molecule has 2 saturated heterocycles. The predicted molar refractivity (Wildman–Crippen MR) is 175 cm³/mol. The highest BCUT2D eigenvalue weighted by atomic mass is 16.6. The number of nitrogens with two attached hydrogens (primary N) is 1. The zero-order valence-electron chi connectivity index (χ0n) is 29.3. The number of carbonyl (C=O) groups is 6. The molecule has 2 heterocycles. The van der Waals surface area contributed by atoms with Gasteiger partial charge in [-0.15, -0.1) is 0 Å². The van der Waals surface area contributed by atoms with Gasteiger partial charge in [0.15, 0.2) is 0 Å². The fourth-order valence-corrected chi connectivity index (χ4v) is 6.09. The van der Waals surface area contributed by atoms with Gasteiger partial charge in [-0.05, 0) is 57.3 Å². The third kappa shape index (κ3) is 12.2. The smallest absolute Gasteiger partial charge is 0.329 e. The standard InChI is InChI=1S/C34H59N5O7/c1-21(2)22-19-25-29(42)36-23(26(40)28(35)41)17-15-13-11-9-10-12-14-16-18-24(30(43)39(25)20-22)37-32(45)38-27(33(3,4)5)31(44)46-34(6,7)8/h21-25,27H,9-20H2,1-8H3,(H2,35,41)(H,36,42)(H2,37,38,45)/t22-,23+,24+,25+,27-/m1/s1. The van der Waals surface area contributed by atoms with Crippen LogP contribution < -0.4 is 21.7 Å². The van der Waals surface area contributed by atoms with Crippen molar-refractivity contribution in [2.75, 3.05) is 6.54 Å². The van der Waals surface area contributed by atoms with Gasteiger partial charge in [-0.2, -0.15) is 0 Å². The molecule has 2 rings (SSSR count). The second kappa shape index (κ2) is 17.1. The summed E-state index contributed by atoms with van der Waals surface area (Å²) >= 11 is 0. The van der Waals surface area contributed by atoms with Crippen LogP contribution in [0.5, 0.6) is 0 Å². The molecular weight excluding hydrogens is 590 g/mol. The van der Waals surface area contributed by atoms with E-state index in [4.69, 9.17) is 10.5 Å². The van der Waals surface area contributed by atoms with E-state index in [-0.39, 0.29) is 11.8 Å². The Labute approximate surface area is 275 Å². The van der Waals surface area contributed by atoms with Crippen LogP contribution >= 0.6 is 0 Å². The fourth-order valence-electron chi connectivity index (χ4n) is 6.09. The number of ether oxygens (including phenoxy) is 1. The zero-order chi connectivity index (χ0) is 34.8. The Morgan fingerprint density at radius 1 is 0.891 bits per heavy atom. The molecule has 0 unspecified atom stereocenters. The Hall–Kier alpha value is -3.18. The van der Waals surface area contributed by atoms with E-state index in [2.05, 4.69) is 16.0 Å². The van der Waals surface area contributed by atoms with Crippen molar-refractivity contribution < 1.29 is 33.5 Å². The second-order valence-corrected chi connectivity index (χ2v) is 15.4. The van der Waals surface area contributed by atoms with Gasteiger partial charge in [-0.25, -0.2) is 9.59 Å². The number of esters is 1. The molecule has 0 saturated carbocycles. The lowest BCUT2D eigenvalue weighted by Gasteiger charge is -2.33. The molecule has 0 aromatic rings. The molecule has 12 nitrogen and oxygen atoms in total. The number of primary amides is 1. The molecule has 46 heavy (non-hydrogen) atoms. The number of hydrogen-bond acceptors (Lipinski definition) is 7. The third-order valence-corrected chi connectivity index (χ3v) is 8.86. The average molecular weight is 650 g/mol. The molecular formula is C34H59N5O7. The van der Waals surface area contributed by atoms with Crippen LogP contribution in [0.3, 0.4) is 0 Å². The molecule has 2 aliphatic rings. The van der Waals surface area contributed by atoms with Gasteiger partial charge in [0, 0.05) is 6.54 Å². The number of carbonyl (C=O) groups excluding carboxylic acids is 6. The van der Waals surface area contributed by atoms with E-state index < -0.39 is 70.7 Å². The van der Waals surface area contributed by atoms with E-state index in [0.717, 1.165) is 38.5 Å². The summed E-state index contributed by atoms with van der Waals surface area (Å²) < 4.78 is 5.57. The number of rotatable bonds is 6. The van der Waals surface area contributed by atoms with E-state index in [1.807, 2.05) is 34.6 Å². The molecule has 2 fully saturated rings. The Kier molecular flexibility index (Phi) is 14.5. The average Bonchev–Trinajstić information content (AvgIpc) is 3.39. The lowest BCUT2D eigenvalue weighted by molar-refractivity contribution is -0.160. The summed E-state index contributed by atoms with van der Waals surface area (Å²) in [6, 6.07) is -4.54. The van der Waals surface area contributed by atoms with E-state index in [1.165, 1.54) is 4.90 Å². The van der Waals surface area contributed by atoms with Gasteiger partial charge in [0.25, 0.3) is 5.91 Å². The molecule has 0 aromatic carbocycles. The van der Waals surface area contributed by atoms with Crippen molar-refractivity contribution in [1.29, 1.82) is 0 Å². The van der Waals surface area contributed by atoms with Crippen molar-refractivity contribution >= 4 is 35.5 Å². The van der Waals surface area contributed by atoms with Gasteiger partial charge in [-0.1, -0.05) is 86.0 Å². The van der Waals surface area contributed by atoms with E-state index in [9.17, 15) is 28.8 Å². The summed E-state index contributed by atoms with van der Waals surface area (Å²) in [6.07, 6.45) is 8.09. The van der Waals surface area contributed by atoms with Gasteiger partial charge >= 0.3 is 12.0 Å². The number of hydrogen-bond donors (Lipinski definition) is 4. The molecule has 0 aliphatic carbocycles. The van der Waals surface area contributed by atoms with Gasteiger partial charge in [-0.3, -0.25) is 19.2 Å². The van der Waals surface area contributed by atoms with Crippen LogP contribution in [-0.4, -0.2) is 76.7 Å². The van der Waals surface area contributed by atoms with Crippen molar-refractivity contribution in [3.63, 3.8) is 0 Å². The Balaban J connectivity index is 2.38. The predicted octanol–water partition coefficient (Wildman–Crippen LogP) is 3.74.